The SMILES string of the molecule is CC[C@H]1OC(=O)[C@H](C)C([C@H]2C[C@@](C)(OC)[C@@H](O)[C@H](C)O2)[C@H](C)[C@@H](O[C@@H]2O[C@H](C)C[C@H](N(C)CCc3cn(CCCCc4ccc(-n5cc(CN(C)C)nn5)cc4)nn3)[C@H]2O)[C@](C)(O)C[C@@H](C)CN(C)[C@H](C)[C@@H](O)[C@]1(C)O. The summed E-state index contributed by atoms with van der Waals surface area (Å²) in [5.74, 6) is -3.10. The molecule has 6 rings (SSSR count). The molecule has 0 saturated carbocycles. The van der Waals surface area contributed by atoms with Gasteiger partial charge in [-0.15, -0.1) is 10.2 Å². The largest absolute Gasteiger partial charge is 0.459 e. The lowest BCUT2D eigenvalue weighted by atomic mass is 9.68. The molecule has 430 valence electrons. The van der Waals surface area contributed by atoms with Gasteiger partial charge in [-0.25, -0.2) is 4.68 Å². The number of nitrogens with zero attached hydrogens (tertiary/aromatic N) is 9. The number of hydrogen-bond donors (Lipinski definition) is 5. The van der Waals surface area contributed by atoms with Gasteiger partial charge >= 0.3 is 5.97 Å². The molecular weight excluding hydrogens is 975 g/mol. The van der Waals surface area contributed by atoms with Gasteiger partial charge in [0.05, 0.1) is 64.8 Å². The predicted octanol–water partition coefficient (Wildman–Crippen LogP) is 4.04. The minimum absolute atomic E-state index is 0.164. The van der Waals surface area contributed by atoms with E-state index in [-0.39, 0.29) is 37.3 Å². The number of carbonyl (C=O) groups is 1. The number of esters is 1. The minimum Gasteiger partial charge on any atom is -0.459 e. The summed E-state index contributed by atoms with van der Waals surface area (Å²) >= 11 is 0. The summed E-state index contributed by atoms with van der Waals surface area (Å²) < 4.78 is 36.0. The topological polar surface area (TPSA) is 236 Å². The van der Waals surface area contributed by atoms with Crippen molar-refractivity contribution in [2.24, 2.45) is 23.7 Å². The molecule has 18 atom stereocenters. The van der Waals surface area contributed by atoms with Crippen LogP contribution < -0.4 is 0 Å². The first-order valence-corrected chi connectivity index (χ1v) is 27.8. The van der Waals surface area contributed by atoms with E-state index in [4.69, 9.17) is 23.7 Å². The highest BCUT2D eigenvalue weighted by molar-refractivity contribution is 5.73. The fourth-order valence-electron chi connectivity index (χ4n) is 12.5. The van der Waals surface area contributed by atoms with E-state index < -0.39 is 95.6 Å². The van der Waals surface area contributed by atoms with Gasteiger partial charge in [0.15, 0.2) is 6.29 Å². The van der Waals surface area contributed by atoms with E-state index in [1.54, 1.807) is 39.5 Å². The second-order valence-electron chi connectivity index (χ2n) is 24.0. The average molecular weight is 1070 g/mol. The molecule has 3 aliphatic heterocycles. The van der Waals surface area contributed by atoms with Gasteiger partial charge in [0.1, 0.15) is 30.0 Å². The number of aliphatic hydroxyl groups is 5. The number of methoxy groups -OCH3 is 1. The quantitative estimate of drug-likeness (QED) is 0.0948. The lowest BCUT2D eigenvalue weighted by Crippen LogP contribution is -2.62. The highest BCUT2D eigenvalue weighted by Crippen LogP contribution is 2.45. The number of cyclic esters (lactones) is 1. The third-order valence-corrected chi connectivity index (χ3v) is 17.1. The van der Waals surface area contributed by atoms with Crippen LogP contribution in [0.5, 0.6) is 0 Å². The van der Waals surface area contributed by atoms with Crippen molar-refractivity contribution >= 4 is 5.97 Å². The first-order chi connectivity index (χ1) is 35.7. The van der Waals surface area contributed by atoms with Crippen molar-refractivity contribution in [3.63, 3.8) is 0 Å². The molecule has 76 heavy (non-hydrogen) atoms. The van der Waals surface area contributed by atoms with Crippen molar-refractivity contribution in [2.75, 3.05) is 48.4 Å². The number of hydrogen-bond acceptors (Lipinski definition) is 18. The number of aromatic nitrogens is 6. The van der Waals surface area contributed by atoms with Gasteiger partial charge in [-0.05, 0) is 138 Å². The monoisotopic (exact) mass is 1070 g/mol. The zero-order valence-corrected chi connectivity index (χ0v) is 48.3. The van der Waals surface area contributed by atoms with E-state index in [1.807, 2.05) is 84.8 Å². The van der Waals surface area contributed by atoms with Gasteiger partial charge in [0, 0.05) is 70.3 Å². The number of benzene rings is 1. The van der Waals surface area contributed by atoms with Crippen LogP contribution in [0.1, 0.15) is 125 Å². The second-order valence-corrected chi connectivity index (χ2v) is 24.0. The number of carbonyl (C=O) groups excluding carboxylic acids is 1. The normalized spacial score (nSPS) is 37.8. The van der Waals surface area contributed by atoms with E-state index in [0.717, 1.165) is 49.4 Å². The van der Waals surface area contributed by atoms with Crippen molar-refractivity contribution in [1.82, 2.24) is 44.7 Å². The van der Waals surface area contributed by atoms with Crippen molar-refractivity contribution in [3.8, 4) is 5.69 Å². The Bertz CT molecular complexity index is 2260. The fraction of sp³-hybridized carbons (Fsp3) is 0.804. The van der Waals surface area contributed by atoms with E-state index in [9.17, 15) is 30.3 Å². The summed E-state index contributed by atoms with van der Waals surface area (Å²) in [5.41, 5.74) is -0.437. The standard InChI is InChI=1S/C56H95N9O11/c1-16-46-56(10,71)49(67)38(6)63(14)30-34(2)28-54(8,70)51(36(4)47(37(5)52(69)75-46)45-29-55(9,72-15)50(68)39(7)74-45)76-53-48(66)44(27-35(3)73-53)62(13)26-24-41-32-64(59-57-41)25-18-17-19-40-20-22-43(23-21-40)65-33-42(58-60-65)31-61(11)12/h20-23,32-39,44-51,53,66-68,70-71H,16-19,24-31H2,1-15H3/t34-,35-,36+,37-,38-,39+,44+,45-,46-,47?,48-,49-,50+,51-,53+,54-,55-,56-/m1/s1. The average Bonchev–Trinajstić information content (AvgIpc) is 4.03. The third kappa shape index (κ3) is 14.8. The molecule has 2 aromatic heterocycles. The molecule has 0 spiro atoms. The Labute approximate surface area is 452 Å². The van der Waals surface area contributed by atoms with Gasteiger partial charge < -0.3 is 63.9 Å². The molecule has 5 heterocycles. The highest BCUT2D eigenvalue weighted by Gasteiger charge is 2.55. The Morgan fingerprint density at radius 2 is 1.55 bits per heavy atom. The molecule has 3 aliphatic rings. The van der Waals surface area contributed by atoms with Crippen LogP contribution in [0.2, 0.25) is 0 Å². The van der Waals surface area contributed by atoms with E-state index in [2.05, 4.69) is 54.7 Å². The van der Waals surface area contributed by atoms with Crippen LogP contribution in [0.4, 0.5) is 0 Å². The van der Waals surface area contributed by atoms with E-state index >= 15 is 0 Å². The summed E-state index contributed by atoms with van der Waals surface area (Å²) in [4.78, 5) is 20.8. The third-order valence-electron chi connectivity index (χ3n) is 17.1. The van der Waals surface area contributed by atoms with Gasteiger partial charge in [0.25, 0.3) is 0 Å². The van der Waals surface area contributed by atoms with E-state index in [0.29, 0.717) is 25.9 Å². The number of unbranched alkanes of at least 4 members (excludes halogenated alkanes) is 1. The summed E-state index contributed by atoms with van der Waals surface area (Å²) in [6.45, 7) is 20.6. The van der Waals surface area contributed by atoms with Gasteiger partial charge in [-0.3, -0.25) is 9.48 Å². The van der Waals surface area contributed by atoms with Gasteiger partial charge in [-0.2, -0.15) is 0 Å². The van der Waals surface area contributed by atoms with E-state index in [1.165, 1.54) is 12.5 Å². The van der Waals surface area contributed by atoms with Crippen molar-refractivity contribution in [1.29, 1.82) is 0 Å². The smallest absolute Gasteiger partial charge is 0.309 e. The van der Waals surface area contributed by atoms with Crippen LogP contribution in [0.15, 0.2) is 36.7 Å². The lowest BCUT2D eigenvalue weighted by molar-refractivity contribution is -0.302. The molecule has 1 unspecified atom stereocenters. The second kappa shape index (κ2) is 26.2. The van der Waals surface area contributed by atoms with Gasteiger partial charge in [-0.1, -0.05) is 50.3 Å². The number of likely N-dealkylation sites (N-methyl/N-ethyl adjacent to an activating group) is 2. The molecule has 20 nitrogen and oxygen atoms in total. The van der Waals surface area contributed by atoms with Crippen LogP contribution in [0, 0.1) is 23.7 Å². The van der Waals surface area contributed by atoms with Crippen molar-refractivity contribution in [2.45, 2.75) is 218 Å². The van der Waals surface area contributed by atoms with Crippen LogP contribution in [-0.4, -0.2) is 209 Å². The molecule has 3 fully saturated rings. The first kappa shape index (κ1) is 61.7. The predicted molar refractivity (Wildman–Crippen MR) is 287 cm³/mol. The lowest BCUT2D eigenvalue weighted by Gasteiger charge is -2.51. The summed E-state index contributed by atoms with van der Waals surface area (Å²) in [6.07, 6.45) is 0.213. The number of aryl methyl sites for hydroxylation is 2. The molecule has 20 heteroatoms. The zero-order chi connectivity index (χ0) is 56.0. The maximum atomic E-state index is 14.6. The Morgan fingerprint density at radius 1 is 0.868 bits per heavy atom. The number of rotatable bonds is 17. The highest BCUT2D eigenvalue weighted by atomic mass is 16.7. The zero-order valence-electron chi connectivity index (χ0n) is 48.3. The molecule has 3 aromatic rings. The molecule has 5 N–H and O–H groups in total. The first-order valence-electron chi connectivity index (χ1n) is 27.8. The van der Waals surface area contributed by atoms with Crippen LogP contribution in [0.3, 0.4) is 0 Å². The van der Waals surface area contributed by atoms with Crippen LogP contribution >= 0.6 is 0 Å². The maximum absolute atomic E-state index is 14.6. The Kier molecular flexibility index (Phi) is 21.3. The molecular formula is C56H95N9O11. The molecule has 0 bridgehead atoms. The minimum atomic E-state index is -1.81. The van der Waals surface area contributed by atoms with Crippen LogP contribution in [0.25, 0.3) is 5.69 Å². The van der Waals surface area contributed by atoms with Crippen molar-refractivity contribution in [3.05, 3.63) is 53.6 Å². The summed E-state index contributed by atoms with van der Waals surface area (Å²) in [5, 5.41) is 77.7. The molecule has 0 amide bonds. The summed E-state index contributed by atoms with van der Waals surface area (Å²) in [6, 6.07) is 7.50. The Balaban J connectivity index is 1.16. The summed E-state index contributed by atoms with van der Waals surface area (Å²) in [7, 11) is 9.39. The fourth-order valence-corrected chi connectivity index (χ4v) is 12.5. The Hall–Kier alpha value is -3.51. The maximum Gasteiger partial charge on any atom is 0.309 e. The number of ether oxygens (including phenoxy) is 5. The Morgan fingerprint density at radius 3 is 2.21 bits per heavy atom. The molecule has 0 radical (unpaired) electrons. The molecule has 3 saturated heterocycles. The van der Waals surface area contributed by atoms with Gasteiger partial charge in [0.2, 0.25) is 0 Å². The number of aliphatic hydroxyl groups excluding tert-OH is 3. The molecule has 0 aliphatic carbocycles. The van der Waals surface area contributed by atoms with Crippen molar-refractivity contribution < 1.29 is 54.0 Å². The molecule has 1 aromatic carbocycles. The van der Waals surface area contributed by atoms with Crippen LogP contribution in [-0.2, 0) is 54.4 Å².